The van der Waals surface area contributed by atoms with Gasteiger partial charge in [0, 0.05) is 0 Å². The van der Waals surface area contributed by atoms with Crippen LogP contribution in [0.15, 0.2) is 16.9 Å². The van der Waals surface area contributed by atoms with Gasteiger partial charge in [-0.05, 0) is 6.92 Å². The van der Waals surface area contributed by atoms with Crippen LogP contribution in [0.1, 0.15) is 12.8 Å². The lowest BCUT2D eigenvalue weighted by molar-refractivity contribution is -0.143. The molecule has 0 saturated carbocycles. The van der Waals surface area contributed by atoms with Crippen LogP contribution in [0, 0.1) is 0 Å². The molecule has 0 fully saturated rings. The number of aromatic nitrogens is 1. The van der Waals surface area contributed by atoms with Crippen molar-refractivity contribution < 1.29 is 14.3 Å². The van der Waals surface area contributed by atoms with Gasteiger partial charge >= 0.3 is 5.97 Å². The van der Waals surface area contributed by atoms with E-state index in [1.807, 2.05) is 0 Å². The van der Waals surface area contributed by atoms with Gasteiger partial charge in [0.2, 0.25) is 5.89 Å². The van der Waals surface area contributed by atoms with Crippen molar-refractivity contribution in [1.29, 1.82) is 0 Å². The quantitative estimate of drug-likeness (QED) is 0.625. The number of hydrogen-bond donors (Lipinski definition) is 2. The summed E-state index contributed by atoms with van der Waals surface area (Å²) in [6, 6.07) is 0. The molecular weight excluding hydrogens is 148 g/mol. The third-order valence-electron chi connectivity index (χ3n) is 1.32. The van der Waals surface area contributed by atoms with E-state index in [-0.39, 0.29) is 5.89 Å². The summed E-state index contributed by atoms with van der Waals surface area (Å²) in [4.78, 5) is 14.1. The number of hydrogen-bond acceptors (Lipinski definition) is 4. The van der Waals surface area contributed by atoms with E-state index >= 15 is 0 Å². The summed E-state index contributed by atoms with van der Waals surface area (Å²) in [6.07, 6.45) is 2.63. The number of carbonyl (C=O) groups is 1. The molecule has 0 unspecified atom stereocenters. The van der Waals surface area contributed by atoms with Crippen LogP contribution in [0.3, 0.4) is 0 Å². The predicted molar refractivity (Wildman–Crippen MR) is 35.7 cm³/mol. The van der Waals surface area contributed by atoms with Crippen LogP contribution < -0.4 is 5.73 Å². The lowest BCUT2D eigenvalue weighted by Crippen LogP contribution is -2.41. The van der Waals surface area contributed by atoms with Crippen LogP contribution in [0.2, 0.25) is 0 Å². The van der Waals surface area contributed by atoms with E-state index in [1.165, 1.54) is 19.4 Å². The summed E-state index contributed by atoms with van der Waals surface area (Å²) in [5.74, 6) is -1.16. The highest BCUT2D eigenvalue weighted by Crippen LogP contribution is 2.14. The first kappa shape index (κ1) is 7.74. The zero-order valence-electron chi connectivity index (χ0n) is 5.94. The Morgan fingerprint density at radius 2 is 2.55 bits per heavy atom. The van der Waals surface area contributed by atoms with Gasteiger partial charge in [-0.2, -0.15) is 0 Å². The molecule has 0 bridgehead atoms. The highest BCUT2D eigenvalue weighted by atomic mass is 16.4. The number of nitrogens with two attached hydrogens (primary N) is 1. The molecule has 1 aromatic rings. The van der Waals surface area contributed by atoms with Crippen LogP contribution in [-0.4, -0.2) is 16.1 Å². The molecule has 1 atom stereocenters. The molecule has 1 aromatic heterocycles. The van der Waals surface area contributed by atoms with Crippen molar-refractivity contribution in [2.75, 3.05) is 0 Å². The summed E-state index contributed by atoms with van der Waals surface area (Å²) in [5, 5.41) is 8.59. The first-order valence-electron chi connectivity index (χ1n) is 2.97. The van der Waals surface area contributed by atoms with Crippen LogP contribution in [0.25, 0.3) is 0 Å². The van der Waals surface area contributed by atoms with E-state index in [0.29, 0.717) is 0 Å². The number of carboxylic acids is 1. The zero-order valence-corrected chi connectivity index (χ0v) is 5.94. The molecular formula is C6H8N2O3. The molecule has 0 saturated heterocycles. The molecule has 3 N–H and O–H groups in total. The molecule has 5 nitrogen and oxygen atoms in total. The van der Waals surface area contributed by atoms with E-state index in [1.54, 1.807) is 0 Å². The maximum Gasteiger partial charge on any atom is 0.333 e. The molecule has 0 aliphatic rings. The van der Waals surface area contributed by atoms with Crippen molar-refractivity contribution in [2.45, 2.75) is 12.5 Å². The van der Waals surface area contributed by atoms with Gasteiger partial charge in [-0.25, -0.2) is 9.78 Å². The molecule has 0 aromatic carbocycles. The maximum absolute atomic E-state index is 10.5. The van der Waals surface area contributed by atoms with Crippen LogP contribution in [-0.2, 0) is 10.3 Å². The summed E-state index contributed by atoms with van der Waals surface area (Å²) in [7, 11) is 0. The minimum absolute atomic E-state index is 0.00463. The Labute approximate surface area is 62.8 Å². The average molecular weight is 156 g/mol. The SMILES string of the molecule is C[C@](N)(C(=O)O)c1ncco1. The van der Waals surface area contributed by atoms with Gasteiger partial charge in [0.25, 0.3) is 0 Å². The second-order valence-electron chi connectivity index (χ2n) is 2.34. The van der Waals surface area contributed by atoms with Crippen molar-refractivity contribution in [3.05, 3.63) is 18.4 Å². The Bertz CT molecular complexity index is 253. The molecule has 0 radical (unpaired) electrons. The third-order valence-corrected chi connectivity index (χ3v) is 1.32. The number of aliphatic carboxylic acids is 1. The lowest BCUT2D eigenvalue weighted by Gasteiger charge is -2.13. The molecule has 0 spiro atoms. The normalized spacial score (nSPS) is 15.8. The fraction of sp³-hybridized carbons (Fsp3) is 0.333. The van der Waals surface area contributed by atoms with Crippen LogP contribution in [0.4, 0.5) is 0 Å². The second-order valence-corrected chi connectivity index (χ2v) is 2.34. The summed E-state index contributed by atoms with van der Waals surface area (Å²) < 4.78 is 4.74. The Kier molecular flexibility index (Phi) is 1.66. The Hall–Kier alpha value is -1.36. The third kappa shape index (κ3) is 1.22. The van der Waals surface area contributed by atoms with Crippen LogP contribution >= 0.6 is 0 Å². The van der Waals surface area contributed by atoms with E-state index in [2.05, 4.69) is 4.98 Å². The van der Waals surface area contributed by atoms with Gasteiger partial charge in [-0.15, -0.1) is 0 Å². The lowest BCUT2D eigenvalue weighted by atomic mass is 10.1. The summed E-state index contributed by atoms with van der Waals surface area (Å²) in [6.45, 7) is 1.32. The van der Waals surface area contributed by atoms with Crippen LogP contribution in [0.5, 0.6) is 0 Å². The van der Waals surface area contributed by atoms with Crippen molar-refractivity contribution >= 4 is 5.97 Å². The van der Waals surface area contributed by atoms with Gasteiger partial charge in [0.15, 0.2) is 5.54 Å². The number of carboxylic acid groups (broad SMARTS) is 1. The largest absolute Gasteiger partial charge is 0.479 e. The van der Waals surface area contributed by atoms with Crippen molar-refractivity contribution in [2.24, 2.45) is 5.73 Å². The summed E-state index contributed by atoms with van der Waals surface area (Å²) in [5.41, 5.74) is 3.83. The fourth-order valence-electron chi connectivity index (χ4n) is 0.571. The molecule has 60 valence electrons. The van der Waals surface area contributed by atoms with Gasteiger partial charge in [0.05, 0.1) is 6.20 Å². The van der Waals surface area contributed by atoms with Crippen molar-refractivity contribution in [3.8, 4) is 0 Å². The van der Waals surface area contributed by atoms with Gasteiger partial charge in [0.1, 0.15) is 6.26 Å². The van der Waals surface area contributed by atoms with Gasteiger partial charge in [-0.1, -0.05) is 0 Å². The van der Waals surface area contributed by atoms with E-state index in [4.69, 9.17) is 15.3 Å². The smallest absolute Gasteiger partial charge is 0.333 e. The molecule has 1 heterocycles. The van der Waals surface area contributed by atoms with Gasteiger partial charge < -0.3 is 15.3 Å². The van der Waals surface area contributed by atoms with Crippen molar-refractivity contribution in [3.63, 3.8) is 0 Å². The molecule has 11 heavy (non-hydrogen) atoms. The minimum Gasteiger partial charge on any atom is -0.479 e. The van der Waals surface area contributed by atoms with E-state index < -0.39 is 11.5 Å². The maximum atomic E-state index is 10.5. The van der Waals surface area contributed by atoms with E-state index in [9.17, 15) is 4.79 Å². The number of rotatable bonds is 2. The highest BCUT2D eigenvalue weighted by molar-refractivity contribution is 5.78. The first-order valence-corrected chi connectivity index (χ1v) is 2.97. The predicted octanol–water partition coefficient (Wildman–Crippen LogP) is -0.0669. The Balaban J connectivity index is 3.00. The second kappa shape index (κ2) is 2.35. The van der Waals surface area contributed by atoms with E-state index in [0.717, 1.165) is 0 Å². The topological polar surface area (TPSA) is 89.4 Å². The zero-order chi connectivity index (χ0) is 8.48. The number of oxazole rings is 1. The first-order chi connectivity index (χ1) is 5.05. The Morgan fingerprint density at radius 3 is 2.91 bits per heavy atom. The summed E-state index contributed by atoms with van der Waals surface area (Å²) >= 11 is 0. The molecule has 0 aliphatic heterocycles. The van der Waals surface area contributed by atoms with Gasteiger partial charge in [-0.3, -0.25) is 0 Å². The number of nitrogens with zero attached hydrogens (tertiary/aromatic N) is 1. The van der Waals surface area contributed by atoms with Crippen molar-refractivity contribution in [1.82, 2.24) is 4.98 Å². The molecule has 5 heteroatoms. The Morgan fingerprint density at radius 1 is 1.91 bits per heavy atom. The standard InChI is InChI=1S/C6H8N2O3/c1-6(7,5(9)10)4-8-2-3-11-4/h2-3H,7H2,1H3,(H,9,10)/t6-/m1/s1. The fourth-order valence-corrected chi connectivity index (χ4v) is 0.571. The molecule has 1 rings (SSSR count). The monoisotopic (exact) mass is 156 g/mol. The average Bonchev–Trinajstić information content (AvgIpc) is 2.37. The minimum atomic E-state index is -1.54. The highest BCUT2D eigenvalue weighted by Gasteiger charge is 2.34. The molecule has 0 amide bonds. The molecule has 0 aliphatic carbocycles.